The lowest BCUT2D eigenvalue weighted by molar-refractivity contribution is 0.0932. The Hall–Kier alpha value is -3.39. The highest BCUT2D eigenvalue weighted by Gasteiger charge is 2.24. The van der Waals surface area contributed by atoms with Crippen LogP contribution in [0.15, 0.2) is 72.1 Å². The molecule has 162 valence electrons. The summed E-state index contributed by atoms with van der Waals surface area (Å²) >= 11 is 1.60. The molecule has 32 heavy (non-hydrogen) atoms. The number of thioether (sulfide) groups is 1. The molecular weight excluding hydrogens is 420 g/mol. The van der Waals surface area contributed by atoms with E-state index < -0.39 is 0 Å². The third-order valence-electron chi connectivity index (χ3n) is 5.59. The SMILES string of the molecule is O=C(NC1CCCN(c2ncccn2)C1)c1ccccc1CSc1nc2ccccc2[nH]1. The number of nitrogens with zero attached hydrogens (tertiary/aromatic N) is 4. The second-order valence-electron chi connectivity index (χ2n) is 7.81. The zero-order valence-electron chi connectivity index (χ0n) is 17.6. The molecule has 1 fully saturated rings. The van der Waals surface area contributed by atoms with Gasteiger partial charge in [0.2, 0.25) is 5.95 Å². The van der Waals surface area contributed by atoms with Crippen LogP contribution in [0.3, 0.4) is 0 Å². The summed E-state index contributed by atoms with van der Waals surface area (Å²) in [6.45, 7) is 1.62. The fourth-order valence-corrected chi connectivity index (χ4v) is 4.89. The molecule has 2 N–H and O–H groups in total. The van der Waals surface area contributed by atoms with Gasteiger partial charge in [-0.25, -0.2) is 15.0 Å². The molecule has 3 heterocycles. The van der Waals surface area contributed by atoms with E-state index in [1.165, 1.54) is 0 Å². The number of aromatic nitrogens is 4. The van der Waals surface area contributed by atoms with Crippen LogP contribution >= 0.6 is 11.8 Å². The first-order valence-corrected chi connectivity index (χ1v) is 11.7. The van der Waals surface area contributed by atoms with Gasteiger partial charge in [0, 0.05) is 42.8 Å². The number of carbonyl (C=O) groups excluding carboxylic acids is 1. The Balaban J connectivity index is 1.25. The first-order chi connectivity index (χ1) is 15.8. The van der Waals surface area contributed by atoms with E-state index in [1.54, 1.807) is 24.2 Å². The van der Waals surface area contributed by atoms with E-state index in [0.717, 1.165) is 41.1 Å². The summed E-state index contributed by atoms with van der Waals surface area (Å²) in [5.74, 6) is 1.35. The average molecular weight is 445 g/mol. The molecule has 0 aliphatic carbocycles. The minimum absolute atomic E-state index is 0.0355. The van der Waals surface area contributed by atoms with E-state index in [2.05, 4.69) is 30.2 Å². The minimum Gasteiger partial charge on any atom is -0.348 e. The van der Waals surface area contributed by atoms with Crippen LogP contribution in [0.5, 0.6) is 0 Å². The molecule has 2 aromatic heterocycles. The Kier molecular flexibility index (Phi) is 6.02. The second-order valence-corrected chi connectivity index (χ2v) is 8.78. The summed E-state index contributed by atoms with van der Waals surface area (Å²) in [5, 5.41) is 4.08. The van der Waals surface area contributed by atoms with Gasteiger partial charge in [-0.05, 0) is 42.7 Å². The fraction of sp³-hybridized carbons (Fsp3) is 0.250. The number of para-hydroxylation sites is 2. The van der Waals surface area contributed by atoms with E-state index in [4.69, 9.17) is 0 Å². The monoisotopic (exact) mass is 444 g/mol. The van der Waals surface area contributed by atoms with E-state index in [1.807, 2.05) is 54.6 Å². The van der Waals surface area contributed by atoms with Gasteiger partial charge in [-0.3, -0.25) is 4.79 Å². The first kappa shape index (κ1) is 20.5. The number of H-pyrrole nitrogens is 1. The van der Waals surface area contributed by atoms with Crippen LogP contribution < -0.4 is 10.2 Å². The molecule has 4 aromatic rings. The molecule has 1 aliphatic heterocycles. The largest absolute Gasteiger partial charge is 0.348 e. The predicted molar refractivity (Wildman–Crippen MR) is 127 cm³/mol. The number of aromatic amines is 1. The topological polar surface area (TPSA) is 86.8 Å². The van der Waals surface area contributed by atoms with Crippen LogP contribution in [0.1, 0.15) is 28.8 Å². The molecule has 8 heteroatoms. The number of anilines is 1. The number of imidazole rings is 1. The lowest BCUT2D eigenvalue weighted by Gasteiger charge is -2.33. The van der Waals surface area contributed by atoms with Gasteiger partial charge >= 0.3 is 0 Å². The maximum atomic E-state index is 13.1. The highest BCUT2D eigenvalue weighted by Crippen LogP contribution is 2.25. The highest BCUT2D eigenvalue weighted by molar-refractivity contribution is 7.98. The van der Waals surface area contributed by atoms with E-state index in [9.17, 15) is 4.79 Å². The van der Waals surface area contributed by atoms with Crippen molar-refractivity contribution in [3.63, 3.8) is 0 Å². The van der Waals surface area contributed by atoms with Crippen molar-refractivity contribution in [2.75, 3.05) is 18.0 Å². The van der Waals surface area contributed by atoms with Crippen molar-refractivity contribution in [2.24, 2.45) is 0 Å². The first-order valence-electron chi connectivity index (χ1n) is 10.7. The van der Waals surface area contributed by atoms with Gasteiger partial charge in [-0.15, -0.1) is 0 Å². The van der Waals surface area contributed by atoms with Crippen molar-refractivity contribution in [1.82, 2.24) is 25.3 Å². The Morgan fingerprint density at radius 2 is 1.91 bits per heavy atom. The molecule has 1 atom stereocenters. The van der Waals surface area contributed by atoms with Gasteiger partial charge in [-0.1, -0.05) is 42.1 Å². The van der Waals surface area contributed by atoms with Crippen LogP contribution in [0, 0.1) is 0 Å². The third kappa shape index (κ3) is 4.60. The van der Waals surface area contributed by atoms with Crippen LogP contribution in [0.2, 0.25) is 0 Å². The Morgan fingerprint density at radius 1 is 1.09 bits per heavy atom. The molecular formula is C24H24N6OS. The average Bonchev–Trinajstić information content (AvgIpc) is 3.27. The highest BCUT2D eigenvalue weighted by atomic mass is 32.2. The second kappa shape index (κ2) is 9.40. The minimum atomic E-state index is -0.0355. The molecule has 2 aromatic carbocycles. The van der Waals surface area contributed by atoms with Crippen molar-refractivity contribution in [3.8, 4) is 0 Å². The Labute approximate surface area is 190 Å². The van der Waals surface area contributed by atoms with Crippen LogP contribution in [-0.2, 0) is 5.75 Å². The molecule has 1 aliphatic rings. The molecule has 0 saturated carbocycles. The fourth-order valence-electron chi connectivity index (χ4n) is 4.01. The number of hydrogen-bond donors (Lipinski definition) is 2. The zero-order chi connectivity index (χ0) is 21.8. The van der Waals surface area contributed by atoms with Gasteiger partial charge in [0.15, 0.2) is 5.16 Å². The lowest BCUT2D eigenvalue weighted by Crippen LogP contribution is -2.48. The van der Waals surface area contributed by atoms with Crippen LogP contribution in [0.4, 0.5) is 5.95 Å². The molecule has 0 bridgehead atoms. The van der Waals surface area contributed by atoms with Crippen LogP contribution in [-0.4, -0.2) is 45.0 Å². The maximum absolute atomic E-state index is 13.1. The van der Waals surface area contributed by atoms with E-state index in [0.29, 0.717) is 23.8 Å². The number of rotatable bonds is 6. The summed E-state index contributed by atoms with van der Waals surface area (Å²) in [6.07, 6.45) is 5.44. The summed E-state index contributed by atoms with van der Waals surface area (Å²) < 4.78 is 0. The molecule has 5 rings (SSSR count). The molecule has 1 saturated heterocycles. The standard InChI is InChI=1S/C24H24N6OS/c31-22(27-18-8-5-14-30(15-18)23-25-12-6-13-26-23)19-9-2-1-7-17(19)16-32-24-28-20-10-3-4-11-21(20)29-24/h1-4,6-7,9-13,18H,5,8,14-16H2,(H,27,31)(H,28,29). The Bertz CT molecular complexity index is 1180. The summed E-state index contributed by atoms with van der Waals surface area (Å²) in [6, 6.07) is 17.6. The molecule has 0 radical (unpaired) electrons. The van der Waals surface area contributed by atoms with Crippen molar-refractivity contribution < 1.29 is 4.79 Å². The van der Waals surface area contributed by atoms with Gasteiger partial charge < -0.3 is 15.2 Å². The number of carbonyl (C=O) groups is 1. The number of benzene rings is 2. The lowest BCUT2D eigenvalue weighted by atomic mass is 10.0. The van der Waals surface area contributed by atoms with Gasteiger partial charge in [0.05, 0.1) is 11.0 Å². The quantitative estimate of drug-likeness (QED) is 0.437. The van der Waals surface area contributed by atoms with Crippen LogP contribution in [0.25, 0.3) is 11.0 Å². The number of amides is 1. The van der Waals surface area contributed by atoms with E-state index >= 15 is 0 Å². The Morgan fingerprint density at radius 3 is 2.78 bits per heavy atom. The maximum Gasteiger partial charge on any atom is 0.251 e. The number of nitrogens with one attached hydrogen (secondary N) is 2. The number of piperidine rings is 1. The molecule has 0 spiro atoms. The van der Waals surface area contributed by atoms with E-state index in [-0.39, 0.29) is 11.9 Å². The van der Waals surface area contributed by atoms with Crippen molar-refractivity contribution in [1.29, 1.82) is 0 Å². The van der Waals surface area contributed by atoms with Gasteiger partial charge in [-0.2, -0.15) is 0 Å². The molecule has 1 amide bonds. The summed E-state index contributed by atoms with van der Waals surface area (Å²) in [5.41, 5.74) is 3.68. The zero-order valence-corrected chi connectivity index (χ0v) is 18.4. The smallest absolute Gasteiger partial charge is 0.251 e. The predicted octanol–water partition coefficient (Wildman–Crippen LogP) is 4.04. The van der Waals surface area contributed by atoms with Gasteiger partial charge in [0.25, 0.3) is 5.91 Å². The summed E-state index contributed by atoms with van der Waals surface area (Å²) in [4.78, 5) is 31.9. The third-order valence-corrected chi connectivity index (χ3v) is 6.51. The van der Waals surface area contributed by atoms with Crippen molar-refractivity contribution >= 4 is 34.7 Å². The van der Waals surface area contributed by atoms with Crippen molar-refractivity contribution in [2.45, 2.75) is 29.8 Å². The molecule has 7 nitrogen and oxygen atoms in total. The number of fused-ring (bicyclic) bond motifs is 1. The number of hydrogen-bond acceptors (Lipinski definition) is 6. The molecule has 1 unspecified atom stereocenters. The van der Waals surface area contributed by atoms with Gasteiger partial charge in [0.1, 0.15) is 0 Å². The normalized spacial score (nSPS) is 16.2. The summed E-state index contributed by atoms with van der Waals surface area (Å²) in [7, 11) is 0. The van der Waals surface area contributed by atoms with Crippen molar-refractivity contribution in [3.05, 3.63) is 78.1 Å².